The van der Waals surface area contributed by atoms with Gasteiger partial charge in [-0.05, 0) is 30.5 Å². The summed E-state index contributed by atoms with van der Waals surface area (Å²) in [5.41, 5.74) is 1.26. The van der Waals surface area contributed by atoms with Crippen LogP contribution in [0.5, 0.6) is 0 Å². The second-order valence-electron chi connectivity index (χ2n) is 4.19. The molecule has 0 N–H and O–H groups in total. The molecular formula is C15H24N2OS. The second-order valence-corrected chi connectivity index (χ2v) is 5.07. The molecule has 0 bridgehead atoms. The van der Waals surface area contributed by atoms with Gasteiger partial charge in [-0.1, -0.05) is 13.8 Å². The summed E-state index contributed by atoms with van der Waals surface area (Å²) < 4.78 is 0. The van der Waals surface area contributed by atoms with Crippen LogP contribution < -0.4 is 4.90 Å². The fraction of sp³-hybridized carbons (Fsp3) is 0.533. The molecule has 4 heteroatoms. The van der Waals surface area contributed by atoms with Crippen LogP contribution in [-0.2, 0) is 4.79 Å². The summed E-state index contributed by atoms with van der Waals surface area (Å²) in [4.78, 5) is 16.8. The van der Waals surface area contributed by atoms with Crippen molar-refractivity contribution in [3.05, 3.63) is 24.3 Å². The number of anilines is 1. The predicted molar refractivity (Wildman–Crippen MR) is 84.0 cm³/mol. The Morgan fingerprint density at radius 2 is 1.58 bits per heavy atom. The summed E-state index contributed by atoms with van der Waals surface area (Å²) in [6, 6.07) is 8.62. The predicted octanol–water partition coefficient (Wildman–Crippen LogP) is 3.10. The average Bonchev–Trinajstić information content (AvgIpc) is 2.49. The molecule has 0 spiro atoms. The third-order valence-electron chi connectivity index (χ3n) is 3.16. The van der Waals surface area contributed by atoms with Crippen LogP contribution in [-0.4, -0.2) is 43.2 Å². The first-order chi connectivity index (χ1) is 9.20. The highest BCUT2D eigenvalue weighted by Gasteiger charge is 2.18. The monoisotopic (exact) mass is 280 g/mol. The third kappa shape index (κ3) is 4.46. The topological polar surface area (TPSA) is 23.6 Å². The van der Waals surface area contributed by atoms with Crippen molar-refractivity contribution in [2.75, 3.05) is 37.3 Å². The van der Waals surface area contributed by atoms with E-state index < -0.39 is 0 Å². The lowest BCUT2D eigenvalue weighted by Gasteiger charge is -2.35. The van der Waals surface area contributed by atoms with Crippen LogP contribution >= 0.6 is 11.8 Å². The van der Waals surface area contributed by atoms with Gasteiger partial charge < -0.3 is 9.80 Å². The molecule has 1 aromatic rings. The largest absolute Gasteiger partial charge is 0.368 e. The minimum Gasteiger partial charge on any atom is -0.368 e. The van der Waals surface area contributed by atoms with Gasteiger partial charge >= 0.3 is 0 Å². The number of nitrogens with zero attached hydrogens (tertiary/aromatic N) is 2. The molecule has 1 aliphatic heterocycles. The molecule has 1 fully saturated rings. The normalized spacial score (nSPS) is 14.7. The molecule has 2 rings (SSSR count). The zero-order valence-corrected chi connectivity index (χ0v) is 13.2. The van der Waals surface area contributed by atoms with E-state index in [0.717, 1.165) is 26.2 Å². The van der Waals surface area contributed by atoms with Crippen molar-refractivity contribution in [1.82, 2.24) is 4.90 Å². The molecule has 0 aromatic heterocycles. The lowest BCUT2D eigenvalue weighted by Crippen LogP contribution is -2.48. The highest BCUT2D eigenvalue weighted by atomic mass is 32.2. The van der Waals surface area contributed by atoms with Crippen molar-refractivity contribution >= 4 is 23.4 Å². The summed E-state index contributed by atoms with van der Waals surface area (Å²) in [5.74, 6) is 0.183. The van der Waals surface area contributed by atoms with Crippen LogP contribution in [0.4, 0.5) is 5.69 Å². The molecule has 19 heavy (non-hydrogen) atoms. The first kappa shape index (κ1) is 15.9. The van der Waals surface area contributed by atoms with Gasteiger partial charge in [0.1, 0.15) is 0 Å². The Kier molecular flexibility index (Phi) is 6.78. The number of benzene rings is 1. The fourth-order valence-corrected chi connectivity index (χ4v) is 2.48. The van der Waals surface area contributed by atoms with E-state index in [-0.39, 0.29) is 5.91 Å². The first-order valence-electron chi connectivity index (χ1n) is 6.85. The quantitative estimate of drug-likeness (QED) is 0.778. The maximum atomic E-state index is 11.2. The van der Waals surface area contributed by atoms with Crippen LogP contribution in [0.25, 0.3) is 0 Å². The van der Waals surface area contributed by atoms with Gasteiger partial charge in [0.15, 0.2) is 0 Å². The van der Waals surface area contributed by atoms with Crippen LogP contribution in [0.1, 0.15) is 20.8 Å². The molecule has 0 atom stereocenters. The molecule has 0 radical (unpaired) electrons. The molecule has 1 aromatic carbocycles. The van der Waals surface area contributed by atoms with E-state index in [0.29, 0.717) is 0 Å². The van der Waals surface area contributed by atoms with Crippen molar-refractivity contribution in [2.24, 2.45) is 0 Å². The Labute approximate surface area is 121 Å². The van der Waals surface area contributed by atoms with Crippen LogP contribution in [0.2, 0.25) is 0 Å². The molecule has 1 saturated heterocycles. The van der Waals surface area contributed by atoms with Gasteiger partial charge in [-0.15, -0.1) is 11.8 Å². The van der Waals surface area contributed by atoms with E-state index in [1.165, 1.54) is 10.6 Å². The summed E-state index contributed by atoms with van der Waals surface area (Å²) in [6.45, 7) is 9.17. The van der Waals surface area contributed by atoms with E-state index in [9.17, 15) is 4.79 Å². The number of hydrogen-bond donors (Lipinski definition) is 0. The molecule has 1 amide bonds. The SMILES string of the molecule is CC.CSc1ccc(N2CCN(C(C)=O)CC2)cc1. The van der Waals surface area contributed by atoms with Crippen molar-refractivity contribution in [1.29, 1.82) is 0 Å². The maximum absolute atomic E-state index is 11.2. The maximum Gasteiger partial charge on any atom is 0.219 e. The molecule has 1 heterocycles. The zero-order valence-electron chi connectivity index (χ0n) is 12.3. The standard InChI is InChI=1S/C13H18N2OS.C2H6/c1-11(16)14-7-9-15(10-8-14)12-3-5-13(17-2)6-4-12;1-2/h3-6H,7-10H2,1-2H3;1-2H3. The van der Waals surface area contributed by atoms with Crippen LogP contribution in [0, 0.1) is 0 Å². The fourth-order valence-electron chi connectivity index (χ4n) is 2.07. The summed E-state index contributed by atoms with van der Waals surface area (Å²) in [5, 5.41) is 0. The van der Waals surface area contributed by atoms with Gasteiger partial charge in [-0.25, -0.2) is 0 Å². The lowest BCUT2D eigenvalue weighted by molar-refractivity contribution is -0.129. The first-order valence-corrected chi connectivity index (χ1v) is 8.07. The van der Waals surface area contributed by atoms with E-state index in [4.69, 9.17) is 0 Å². The van der Waals surface area contributed by atoms with Gasteiger partial charge in [-0.2, -0.15) is 0 Å². The Bertz CT molecular complexity index is 384. The molecule has 0 saturated carbocycles. The molecule has 3 nitrogen and oxygen atoms in total. The van der Waals surface area contributed by atoms with E-state index in [2.05, 4.69) is 35.4 Å². The molecular weight excluding hydrogens is 256 g/mol. The van der Waals surface area contributed by atoms with Gasteiger partial charge in [0.2, 0.25) is 5.91 Å². The van der Waals surface area contributed by atoms with Gasteiger partial charge in [-0.3, -0.25) is 4.79 Å². The number of carbonyl (C=O) groups is 1. The third-order valence-corrected chi connectivity index (χ3v) is 3.91. The van der Waals surface area contributed by atoms with E-state index >= 15 is 0 Å². The Balaban J connectivity index is 0.000000861. The van der Waals surface area contributed by atoms with Crippen LogP contribution in [0.15, 0.2) is 29.2 Å². The highest BCUT2D eigenvalue weighted by molar-refractivity contribution is 7.98. The molecule has 106 valence electrons. The number of hydrogen-bond acceptors (Lipinski definition) is 3. The highest BCUT2D eigenvalue weighted by Crippen LogP contribution is 2.21. The zero-order chi connectivity index (χ0) is 14.3. The number of amides is 1. The molecule has 1 aliphatic rings. The van der Waals surface area contributed by atoms with Crippen LogP contribution in [0.3, 0.4) is 0 Å². The second kappa shape index (κ2) is 8.10. The van der Waals surface area contributed by atoms with Crippen molar-refractivity contribution in [2.45, 2.75) is 25.7 Å². The summed E-state index contributed by atoms with van der Waals surface area (Å²) in [7, 11) is 0. The van der Waals surface area contributed by atoms with Crippen molar-refractivity contribution in [3.8, 4) is 0 Å². The van der Waals surface area contributed by atoms with Gasteiger partial charge in [0.05, 0.1) is 0 Å². The smallest absolute Gasteiger partial charge is 0.219 e. The average molecular weight is 280 g/mol. The van der Waals surface area contributed by atoms with Crippen molar-refractivity contribution < 1.29 is 4.79 Å². The number of rotatable bonds is 2. The number of carbonyl (C=O) groups excluding carboxylic acids is 1. The number of piperazine rings is 1. The van der Waals surface area contributed by atoms with Gasteiger partial charge in [0.25, 0.3) is 0 Å². The molecule has 0 unspecified atom stereocenters. The molecule has 0 aliphatic carbocycles. The Hall–Kier alpha value is -1.16. The van der Waals surface area contributed by atoms with E-state index in [1.54, 1.807) is 18.7 Å². The van der Waals surface area contributed by atoms with Gasteiger partial charge in [0, 0.05) is 43.7 Å². The Morgan fingerprint density at radius 1 is 1.05 bits per heavy atom. The Morgan fingerprint density at radius 3 is 2.00 bits per heavy atom. The minimum absolute atomic E-state index is 0.183. The van der Waals surface area contributed by atoms with E-state index in [1.807, 2.05) is 18.7 Å². The minimum atomic E-state index is 0.183. The lowest BCUT2D eigenvalue weighted by atomic mass is 10.2. The van der Waals surface area contributed by atoms with Crippen molar-refractivity contribution in [3.63, 3.8) is 0 Å². The number of thioether (sulfide) groups is 1. The summed E-state index contributed by atoms with van der Waals surface area (Å²) in [6.07, 6.45) is 2.08. The summed E-state index contributed by atoms with van der Waals surface area (Å²) >= 11 is 1.76.